The van der Waals surface area contributed by atoms with E-state index in [1.165, 1.54) is 44.1 Å². The third-order valence-corrected chi connectivity index (χ3v) is 8.02. The minimum atomic E-state index is -0.387. The van der Waals surface area contributed by atoms with Gasteiger partial charge in [-0.25, -0.2) is 0 Å². The molecule has 0 spiro atoms. The zero-order valence-corrected chi connectivity index (χ0v) is 16.8. The number of carbonyl (C=O) groups is 1. The van der Waals surface area contributed by atoms with Crippen molar-refractivity contribution < 1.29 is 9.90 Å². The zero-order chi connectivity index (χ0) is 19.1. The summed E-state index contributed by atoms with van der Waals surface area (Å²) in [6.07, 6.45) is 13.0. The second-order valence-electron chi connectivity index (χ2n) is 9.43. The molecule has 2 heterocycles. The summed E-state index contributed by atoms with van der Waals surface area (Å²) in [5.74, 6) is 1.35. The van der Waals surface area contributed by atoms with Crippen LogP contribution in [0.1, 0.15) is 81.6 Å². The number of amides is 1. The molecule has 1 aromatic rings. The lowest BCUT2D eigenvalue weighted by atomic mass is 9.49. The quantitative estimate of drug-likeness (QED) is 0.760. The van der Waals surface area contributed by atoms with Gasteiger partial charge in [-0.3, -0.25) is 9.78 Å². The largest absolute Gasteiger partial charge is 0.386 e. The molecule has 2 N–H and O–H groups in total. The third kappa shape index (κ3) is 2.94. The standard InChI is InChI=1S/C23H33N3O2/c27-20-8-4-12-26(20)13-5-11-24-16-14-19-21(25-15-16)22(28)17-6-3-10-23(19)9-2-1-7-18(17)23/h14-15,17-18,22,24,28H,1-13H2. The van der Waals surface area contributed by atoms with Gasteiger partial charge in [-0.15, -0.1) is 0 Å². The van der Waals surface area contributed by atoms with Crippen LogP contribution in [0.15, 0.2) is 12.3 Å². The summed E-state index contributed by atoms with van der Waals surface area (Å²) in [6, 6.07) is 2.30. The first-order valence-electron chi connectivity index (χ1n) is 11.4. The highest BCUT2D eigenvalue weighted by molar-refractivity contribution is 5.78. The number of aromatic nitrogens is 1. The molecule has 0 radical (unpaired) electrons. The van der Waals surface area contributed by atoms with E-state index in [0.29, 0.717) is 17.7 Å². The van der Waals surface area contributed by atoms with Crippen molar-refractivity contribution in [3.63, 3.8) is 0 Å². The van der Waals surface area contributed by atoms with Crippen molar-refractivity contribution in [1.29, 1.82) is 0 Å². The Labute approximate surface area is 167 Å². The van der Waals surface area contributed by atoms with Crippen molar-refractivity contribution in [2.75, 3.05) is 25.0 Å². The molecule has 1 aliphatic heterocycles. The van der Waals surface area contributed by atoms with Crippen LogP contribution < -0.4 is 5.32 Å². The lowest BCUT2D eigenvalue weighted by molar-refractivity contribution is -0.127. The fourth-order valence-corrected chi connectivity index (χ4v) is 6.75. The lowest BCUT2D eigenvalue weighted by Crippen LogP contribution is -2.51. The molecule has 4 aliphatic rings. The number of rotatable bonds is 5. The topological polar surface area (TPSA) is 65.5 Å². The first-order chi connectivity index (χ1) is 13.7. The fourth-order valence-electron chi connectivity index (χ4n) is 6.75. The number of likely N-dealkylation sites (tertiary alicyclic amines) is 1. The van der Waals surface area contributed by atoms with Gasteiger partial charge in [0, 0.05) is 31.5 Å². The Bertz CT molecular complexity index is 747. The Hall–Kier alpha value is -1.62. The van der Waals surface area contributed by atoms with Gasteiger partial charge in [0.25, 0.3) is 0 Å². The Morgan fingerprint density at radius 1 is 1.21 bits per heavy atom. The molecule has 1 amide bonds. The van der Waals surface area contributed by atoms with E-state index in [1.807, 2.05) is 11.1 Å². The van der Waals surface area contributed by atoms with Crippen LogP contribution in [0.5, 0.6) is 0 Å². The molecular formula is C23H33N3O2. The van der Waals surface area contributed by atoms with Crippen LogP contribution in [0.3, 0.4) is 0 Å². The van der Waals surface area contributed by atoms with Gasteiger partial charge < -0.3 is 15.3 Å². The van der Waals surface area contributed by atoms with Crippen LogP contribution in [-0.4, -0.2) is 40.5 Å². The SMILES string of the molecule is O=C1CCCN1CCCNc1cnc2c(c1)C13CCCCC1C(CCC3)C2O. The van der Waals surface area contributed by atoms with Crippen molar-refractivity contribution >= 4 is 11.6 Å². The first-order valence-corrected chi connectivity index (χ1v) is 11.4. The number of nitrogens with zero attached hydrogens (tertiary/aromatic N) is 2. The highest BCUT2D eigenvalue weighted by Crippen LogP contribution is 2.61. The molecule has 28 heavy (non-hydrogen) atoms. The van der Waals surface area contributed by atoms with E-state index < -0.39 is 0 Å². The Morgan fingerprint density at radius 3 is 2.96 bits per heavy atom. The molecule has 3 aliphatic carbocycles. The Kier molecular flexibility index (Phi) is 4.82. The van der Waals surface area contributed by atoms with E-state index in [2.05, 4.69) is 11.4 Å². The number of nitrogens with one attached hydrogen (secondary N) is 1. The van der Waals surface area contributed by atoms with Crippen LogP contribution in [0, 0.1) is 11.8 Å². The Morgan fingerprint density at radius 2 is 2.11 bits per heavy atom. The molecule has 2 bridgehead atoms. The Balaban J connectivity index is 1.32. The molecule has 4 atom stereocenters. The maximum Gasteiger partial charge on any atom is 0.222 e. The van der Waals surface area contributed by atoms with Crippen LogP contribution in [0.25, 0.3) is 0 Å². The van der Waals surface area contributed by atoms with E-state index in [0.717, 1.165) is 56.7 Å². The van der Waals surface area contributed by atoms with Crippen molar-refractivity contribution in [2.45, 2.75) is 75.7 Å². The van der Waals surface area contributed by atoms with Gasteiger partial charge in [0.05, 0.1) is 23.7 Å². The molecule has 1 saturated heterocycles. The van der Waals surface area contributed by atoms with Crippen molar-refractivity contribution in [3.8, 4) is 0 Å². The predicted molar refractivity (Wildman–Crippen MR) is 109 cm³/mol. The van der Waals surface area contributed by atoms with Crippen molar-refractivity contribution in [3.05, 3.63) is 23.5 Å². The molecule has 5 nitrogen and oxygen atoms in total. The summed E-state index contributed by atoms with van der Waals surface area (Å²) in [4.78, 5) is 18.5. The number of aliphatic hydroxyl groups is 1. The summed E-state index contributed by atoms with van der Waals surface area (Å²) in [7, 11) is 0. The maximum absolute atomic E-state index is 11.7. The average Bonchev–Trinajstić information content (AvgIpc) is 3.14. The van der Waals surface area contributed by atoms with E-state index in [-0.39, 0.29) is 11.5 Å². The highest BCUT2D eigenvalue weighted by atomic mass is 16.3. The summed E-state index contributed by atoms with van der Waals surface area (Å²) in [5.41, 5.74) is 3.61. The van der Waals surface area contributed by atoms with E-state index in [9.17, 15) is 9.90 Å². The van der Waals surface area contributed by atoms with Gasteiger partial charge in [0.2, 0.25) is 5.91 Å². The minimum absolute atomic E-state index is 0.252. The van der Waals surface area contributed by atoms with Crippen LogP contribution >= 0.6 is 0 Å². The first kappa shape index (κ1) is 18.4. The molecule has 152 valence electrons. The van der Waals surface area contributed by atoms with Crippen LogP contribution in [-0.2, 0) is 10.2 Å². The minimum Gasteiger partial charge on any atom is -0.386 e. The third-order valence-electron chi connectivity index (χ3n) is 8.02. The summed E-state index contributed by atoms with van der Waals surface area (Å²) in [6.45, 7) is 2.62. The highest BCUT2D eigenvalue weighted by Gasteiger charge is 2.54. The van der Waals surface area contributed by atoms with Crippen molar-refractivity contribution in [2.24, 2.45) is 11.8 Å². The average molecular weight is 384 g/mol. The molecule has 0 aromatic carbocycles. The van der Waals surface area contributed by atoms with Crippen molar-refractivity contribution in [1.82, 2.24) is 9.88 Å². The number of hydrogen-bond donors (Lipinski definition) is 2. The predicted octanol–water partition coefficient (Wildman–Crippen LogP) is 3.78. The second kappa shape index (κ2) is 7.33. The van der Waals surface area contributed by atoms with E-state index in [1.54, 1.807) is 0 Å². The number of carbonyl (C=O) groups excluding carboxylic acids is 1. The second-order valence-corrected chi connectivity index (χ2v) is 9.43. The van der Waals surface area contributed by atoms with Crippen LogP contribution in [0.4, 0.5) is 5.69 Å². The molecule has 3 fully saturated rings. The van der Waals surface area contributed by atoms with Gasteiger partial charge >= 0.3 is 0 Å². The van der Waals surface area contributed by atoms with Crippen LogP contribution in [0.2, 0.25) is 0 Å². The van der Waals surface area contributed by atoms with E-state index >= 15 is 0 Å². The zero-order valence-electron chi connectivity index (χ0n) is 16.8. The molecule has 5 rings (SSSR count). The smallest absolute Gasteiger partial charge is 0.222 e. The number of pyridine rings is 1. The number of fused-ring (bicyclic) bond motifs is 1. The number of aliphatic hydroxyl groups excluding tert-OH is 1. The summed E-state index contributed by atoms with van der Waals surface area (Å²) in [5, 5.41) is 14.6. The molecule has 1 aromatic heterocycles. The normalized spacial score (nSPS) is 34.1. The fraction of sp³-hybridized carbons (Fsp3) is 0.739. The van der Waals surface area contributed by atoms with Gasteiger partial charge in [-0.2, -0.15) is 0 Å². The summed E-state index contributed by atoms with van der Waals surface area (Å²) >= 11 is 0. The van der Waals surface area contributed by atoms with Gasteiger partial charge in [0.1, 0.15) is 0 Å². The molecular weight excluding hydrogens is 350 g/mol. The number of anilines is 1. The summed E-state index contributed by atoms with van der Waals surface area (Å²) < 4.78 is 0. The van der Waals surface area contributed by atoms with Gasteiger partial charge in [-0.05, 0) is 62.0 Å². The van der Waals surface area contributed by atoms with Gasteiger partial charge in [0.15, 0.2) is 0 Å². The maximum atomic E-state index is 11.7. The molecule has 4 unspecified atom stereocenters. The molecule has 2 saturated carbocycles. The lowest BCUT2D eigenvalue weighted by Gasteiger charge is -2.56. The monoisotopic (exact) mass is 383 g/mol. The van der Waals surface area contributed by atoms with Gasteiger partial charge in [-0.1, -0.05) is 19.3 Å². The molecule has 5 heteroatoms. The van der Waals surface area contributed by atoms with E-state index in [4.69, 9.17) is 4.98 Å². The number of hydrogen-bond acceptors (Lipinski definition) is 4.